The zero-order valence-electron chi connectivity index (χ0n) is 12.6. The van der Waals surface area contributed by atoms with Gasteiger partial charge in [0.1, 0.15) is 4.90 Å². The molecule has 1 heterocycles. The average Bonchev–Trinajstić information content (AvgIpc) is 2.70. The summed E-state index contributed by atoms with van der Waals surface area (Å²) >= 11 is 0. The smallest absolute Gasteiger partial charge is 0.246 e. The average molecular weight is 302 g/mol. The molecule has 1 aromatic heterocycles. The number of aryl methyl sites for hydroxylation is 2. The topological polar surface area (TPSA) is 86.4 Å². The van der Waals surface area contributed by atoms with Crippen LogP contribution in [0.3, 0.4) is 0 Å². The number of sulfonamides is 1. The summed E-state index contributed by atoms with van der Waals surface area (Å²) < 4.78 is 26.0. The van der Waals surface area contributed by atoms with Gasteiger partial charge in [0.2, 0.25) is 15.9 Å². The lowest BCUT2D eigenvalue weighted by Gasteiger charge is -2.23. The molecule has 1 rings (SSSR count). The van der Waals surface area contributed by atoms with Gasteiger partial charge < -0.3 is 4.90 Å². The Morgan fingerprint density at radius 1 is 1.25 bits per heavy atom. The molecular weight excluding hydrogens is 280 g/mol. The van der Waals surface area contributed by atoms with Crippen LogP contribution in [0.25, 0.3) is 0 Å². The first-order valence-electron chi connectivity index (χ1n) is 6.51. The Bertz CT molecular complexity index is 556. The van der Waals surface area contributed by atoms with Gasteiger partial charge in [0, 0.05) is 20.1 Å². The molecule has 1 aromatic rings. The Kier molecular flexibility index (Phi) is 5.29. The molecule has 7 nitrogen and oxygen atoms in total. The van der Waals surface area contributed by atoms with E-state index in [4.69, 9.17) is 0 Å². The summed E-state index contributed by atoms with van der Waals surface area (Å²) in [6.07, 6.45) is 0. The van der Waals surface area contributed by atoms with E-state index >= 15 is 0 Å². The van der Waals surface area contributed by atoms with Gasteiger partial charge in [-0.25, -0.2) is 8.42 Å². The van der Waals surface area contributed by atoms with Crippen molar-refractivity contribution < 1.29 is 13.2 Å². The number of amides is 1. The molecule has 0 spiro atoms. The molecule has 0 aliphatic heterocycles. The van der Waals surface area contributed by atoms with Gasteiger partial charge in [-0.1, -0.05) is 0 Å². The standard InChI is InChI=1S/C12H22N4O3S/c1-6-16(7-2)11(17)8-15(5)20(18,19)12-9(3)13-14-10(12)4/h6-8H2,1-5H3,(H,13,14). The number of aromatic nitrogens is 2. The summed E-state index contributed by atoms with van der Waals surface area (Å²) in [6.45, 7) is 7.94. The van der Waals surface area contributed by atoms with Crippen LogP contribution in [0.4, 0.5) is 0 Å². The molecule has 0 unspecified atom stereocenters. The summed E-state index contributed by atoms with van der Waals surface area (Å²) in [5.41, 5.74) is 0.884. The third-order valence-corrected chi connectivity index (χ3v) is 5.27. The number of likely N-dealkylation sites (N-methyl/N-ethyl adjacent to an activating group) is 2. The summed E-state index contributed by atoms with van der Waals surface area (Å²) in [4.78, 5) is 13.7. The van der Waals surface area contributed by atoms with E-state index in [1.165, 1.54) is 7.05 Å². The lowest BCUT2D eigenvalue weighted by Crippen LogP contribution is -2.41. The highest BCUT2D eigenvalue weighted by Gasteiger charge is 2.29. The number of hydrogen-bond acceptors (Lipinski definition) is 4. The van der Waals surface area contributed by atoms with E-state index in [0.29, 0.717) is 24.5 Å². The fourth-order valence-corrected chi connectivity index (χ4v) is 3.47. The molecule has 0 aliphatic rings. The van der Waals surface area contributed by atoms with E-state index in [-0.39, 0.29) is 17.3 Å². The van der Waals surface area contributed by atoms with Crippen LogP contribution in [-0.4, -0.2) is 60.4 Å². The molecule has 1 N–H and O–H groups in total. The van der Waals surface area contributed by atoms with Crippen LogP contribution >= 0.6 is 0 Å². The SMILES string of the molecule is CCN(CC)C(=O)CN(C)S(=O)(=O)c1c(C)n[nH]c1C. The van der Waals surface area contributed by atoms with Gasteiger partial charge in [0.15, 0.2) is 0 Å². The van der Waals surface area contributed by atoms with Gasteiger partial charge in [0.05, 0.1) is 17.9 Å². The minimum Gasteiger partial charge on any atom is -0.342 e. The van der Waals surface area contributed by atoms with Crippen molar-refractivity contribution in [1.29, 1.82) is 0 Å². The van der Waals surface area contributed by atoms with Gasteiger partial charge in [-0.2, -0.15) is 9.40 Å². The summed E-state index contributed by atoms with van der Waals surface area (Å²) in [7, 11) is -2.30. The van der Waals surface area contributed by atoms with Crippen molar-refractivity contribution >= 4 is 15.9 Å². The summed E-state index contributed by atoms with van der Waals surface area (Å²) in [6, 6.07) is 0. The molecule has 0 saturated heterocycles. The molecule has 8 heteroatoms. The fraction of sp³-hybridized carbons (Fsp3) is 0.667. The molecule has 0 atom stereocenters. The van der Waals surface area contributed by atoms with Crippen molar-refractivity contribution in [3.8, 4) is 0 Å². The molecule has 0 aromatic carbocycles. The molecule has 0 radical (unpaired) electrons. The molecule has 0 aliphatic carbocycles. The maximum absolute atomic E-state index is 12.5. The molecule has 1 amide bonds. The fourth-order valence-electron chi connectivity index (χ4n) is 2.03. The zero-order chi connectivity index (χ0) is 15.5. The van der Waals surface area contributed by atoms with Crippen molar-refractivity contribution in [2.24, 2.45) is 0 Å². The predicted octanol–water partition coefficient (Wildman–Crippen LogP) is 0.515. The quantitative estimate of drug-likeness (QED) is 0.830. The number of nitrogens with one attached hydrogen (secondary N) is 1. The number of carbonyl (C=O) groups excluding carboxylic acids is 1. The second-order valence-electron chi connectivity index (χ2n) is 4.59. The molecule has 0 fully saturated rings. The highest BCUT2D eigenvalue weighted by atomic mass is 32.2. The molecular formula is C12H22N4O3S. The first-order chi connectivity index (χ1) is 9.25. The van der Waals surface area contributed by atoms with Crippen molar-refractivity contribution in [1.82, 2.24) is 19.4 Å². The van der Waals surface area contributed by atoms with E-state index in [1.54, 1.807) is 18.7 Å². The number of hydrogen-bond donors (Lipinski definition) is 1. The lowest BCUT2D eigenvalue weighted by atomic mass is 10.4. The highest BCUT2D eigenvalue weighted by Crippen LogP contribution is 2.20. The largest absolute Gasteiger partial charge is 0.342 e. The first kappa shape index (κ1) is 16.6. The van der Waals surface area contributed by atoms with Gasteiger partial charge in [-0.15, -0.1) is 0 Å². The highest BCUT2D eigenvalue weighted by molar-refractivity contribution is 7.89. The number of rotatable bonds is 6. The van der Waals surface area contributed by atoms with Gasteiger partial charge >= 0.3 is 0 Å². The number of H-pyrrole nitrogens is 1. The molecule has 114 valence electrons. The van der Waals surface area contributed by atoms with Gasteiger partial charge in [-0.05, 0) is 27.7 Å². The van der Waals surface area contributed by atoms with E-state index < -0.39 is 10.0 Å². The van der Waals surface area contributed by atoms with Gasteiger partial charge in [-0.3, -0.25) is 9.89 Å². The van der Waals surface area contributed by atoms with Gasteiger partial charge in [0.25, 0.3) is 0 Å². The maximum Gasteiger partial charge on any atom is 0.246 e. The summed E-state index contributed by atoms with van der Waals surface area (Å²) in [5.74, 6) is -0.208. The van der Waals surface area contributed by atoms with Crippen molar-refractivity contribution in [2.45, 2.75) is 32.6 Å². The van der Waals surface area contributed by atoms with Crippen molar-refractivity contribution in [3.63, 3.8) is 0 Å². The predicted molar refractivity (Wildman–Crippen MR) is 75.8 cm³/mol. The third-order valence-electron chi connectivity index (χ3n) is 3.20. The Morgan fingerprint density at radius 3 is 2.20 bits per heavy atom. The van der Waals surface area contributed by atoms with E-state index in [1.807, 2.05) is 13.8 Å². The van der Waals surface area contributed by atoms with Crippen LogP contribution in [0.5, 0.6) is 0 Å². The first-order valence-corrected chi connectivity index (χ1v) is 7.95. The third kappa shape index (κ3) is 3.18. The second-order valence-corrected chi connectivity index (χ2v) is 6.57. The minimum atomic E-state index is -3.71. The van der Waals surface area contributed by atoms with Crippen LogP contribution in [-0.2, 0) is 14.8 Å². The van der Waals surface area contributed by atoms with Crippen LogP contribution in [0.1, 0.15) is 25.2 Å². The lowest BCUT2D eigenvalue weighted by molar-refractivity contribution is -0.130. The van der Waals surface area contributed by atoms with Crippen LogP contribution in [0.2, 0.25) is 0 Å². The van der Waals surface area contributed by atoms with E-state index in [0.717, 1.165) is 4.31 Å². The Morgan fingerprint density at radius 2 is 1.80 bits per heavy atom. The molecule has 0 saturated carbocycles. The van der Waals surface area contributed by atoms with Crippen LogP contribution in [0.15, 0.2) is 4.90 Å². The maximum atomic E-state index is 12.5. The Balaban J connectivity index is 2.97. The summed E-state index contributed by atoms with van der Waals surface area (Å²) in [5, 5.41) is 6.53. The zero-order valence-corrected chi connectivity index (χ0v) is 13.4. The monoisotopic (exact) mass is 302 g/mol. The van der Waals surface area contributed by atoms with Crippen LogP contribution in [0, 0.1) is 13.8 Å². The Hall–Kier alpha value is -1.41. The molecule has 20 heavy (non-hydrogen) atoms. The number of carbonyl (C=O) groups is 1. The van der Waals surface area contributed by atoms with E-state index in [9.17, 15) is 13.2 Å². The molecule has 0 bridgehead atoms. The minimum absolute atomic E-state index is 0.146. The number of aromatic amines is 1. The second kappa shape index (κ2) is 6.36. The van der Waals surface area contributed by atoms with Crippen molar-refractivity contribution in [2.75, 3.05) is 26.7 Å². The normalized spacial score (nSPS) is 11.9. The van der Waals surface area contributed by atoms with Crippen LogP contribution < -0.4 is 0 Å². The van der Waals surface area contributed by atoms with Crippen molar-refractivity contribution in [3.05, 3.63) is 11.4 Å². The Labute approximate surface area is 120 Å². The number of nitrogens with zero attached hydrogens (tertiary/aromatic N) is 3. The van der Waals surface area contributed by atoms with E-state index in [2.05, 4.69) is 10.2 Å².